The summed E-state index contributed by atoms with van der Waals surface area (Å²) in [4.78, 5) is 4.09. The zero-order chi connectivity index (χ0) is 12.1. The summed E-state index contributed by atoms with van der Waals surface area (Å²) >= 11 is 0. The van der Waals surface area contributed by atoms with Crippen molar-refractivity contribution in [1.82, 2.24) is 4.98 Å². The number of ether oxygens (including phenoxy) is 2. The summed E-state index contributed by atoms with van der Waals surface area (Å²) in [5.74, 6) is 2.18. The van der Waals surface area contributed by atoms with Crippen molar-refractivity contribution >= 4 is 0 Å². The molecule has 0 atom stereocenters. The van der Waals surface area contributed by atoms with Crippen molar-refractivity contribution in [2.24, 2.45) is 0 Å². The van der Waals surface area contributed by atoms with E-state index in [1.54, 1.807) is 6.20 Å². The molecule has 0 saturated carbocycles. The molecule has 1 heterocycles. The molecule has 0 aliphatic heterocycles. The van der Waals surface area contributed by atoms with E-state index in [2.05, 4.69) is 4.98 Å². The molecular weight excluding hydrogens is 214 g/mol. The van der Waals surface area contributed by atoms with Gasteiger partial charge in [0.1, 0.15) is 11.5 Å². The lowest BCUT2D eigenvalue weighted by Crippen LogP contribution is -2.05. The molecule has 2 rings (SSSR count). The lowest BCUT2D eigenvalue weighted by molar-refractivity contribution is 0.242. The number of hydrogen-bond donors (Lipinski definition) is 0. The molecule has 1 aromatic heterocycles. The molecule has 3 nitrogen and oxygen atoms in total. The van der Waals surface area contributed by atoms with E-state index >= 15 is 0 Å². The average Bonchev–Trinajstić information content (AvgIpc) is 2.32. The summed E-state index contributed by atoms with van der Waals surface area (Å²) < 4.78 is 11.1. The Morgan fingerprint density at radius 3 is 2.24 bits per heavy atom. The summed E-state index contributed by atoms with van der Waals surface area (Å²) in [5.41, 5.74) is 0. The van der Waals surface area contributed by atoms with Gasteiger partial charge in [-0.3, -0.25) is 0 Å². The van der Waals surface area contributed by atoms with Crippen LogP contribution in [0, 0.1) is 0 Å². The molecule has 0 bridgehead atoms. The number of nitrogens with zero attached hydrogens (tertiary/aromatic N) is 1. The number of benzene rings is 1. The number of rotatable bonds is 4. The third-order valence-corrected chi connectivity index (χ3v) is 2.06. The second-order valence-corrected chi connectivity index (χ2v) is 3.91. The van der Waals surface area contributed by atoms with Gasteiger partial charge >= 0.3 is 0 Å². The highest BCUT2D eigenvalue weighted by Crippen LogP contribution is 2.22. The first-order valence-electron chi connectivity index (χ1n) is 5.59. The highest BCUT2D eigenvalue weighted by Gasteiger charge is 2.00. The van der Waals surface area contributed by atoms with Crippen LogP contribution in [0.15, 0.2) is 48.7 Å². The molecule has 17 heavy (non-hydrogen) atoms. The molecule has 0 spiro atoms. The first-order valence-corrected chi connectivity index (χ1v) is 5.59. The predicted octanol–water partition coefficient (Wildman–Crippen LogP) is 3.66. The Balaban J connectivity index is 2.03. The fraction of sp³-hybridized carbons (Fsp3) is 0.214. The third kappa shape index (κ3) is 3.48. The lowest BCUT2D eigenvalue weighted by atomic mass is 10.3. The van der Waals surface area contributed by atoms with E-state index in [-0.39, 0.29) is 6.10 Å². The second-order valence-electron chi connectivity index (χ2n) is 3.91. The van der Waals surface area contributed by atoms with Crippen molar-refractivity contribution < 1.29 is 9.47 Å². The van der Waals surface area contributed by atoms with Crippen LogP contribution in [-0.2, 0) is 0 Å². The summed E-state index contributed by atoms with van der Waals surface area (Å²) in [5, 5.41) is 0. The maximum Gasteiger partial charge on any atom is 0.219 e. The fourth-order valence-electron chi connectivity index (χ4n) is 1.39. The zero-order valence-electron chi connectivity index (χ0n) is 9.96. The Kier molecular flexibility index (Phi) is 3.60. The quantitative estimate of drug-likeness (QED) is 0.801. The summed E-state index contributed by atoms with van der Waals surface area (Å²) in [6, 6.07) is 13.1. The molecular formula is C14H15NO2. The van der Waals surface area contributed by atoms with Gasteiger partial charge < -0.3 is 9.47 Å². The molecule has 0 aliphatic rings. The first kappa shape index (κ1) is 11.5. The van der Waals surface area contributed by atoms with Gasteiger partial charge in [0.25, 0.3) is 0 Å². The van der Waals surface area contributed by atoms with Crippen molar-refractivity contribution in [1.29, 1.82) is 0 Å². The van der Waals surface area contributed by atoms with Crippen molar-refractivity contribution in [3.8, 4) is 17.4 Å². The maximum absolute atomic E-state index is 5.57. The Labute approximate surface area is 101 Å². The zero-order valence-corrected chi connectivity index (χ0v) is 9.96. The lowest BCUT2D eigenvalue weighted by Gasteiger charge is -2.10. The topological polar surface area (TPSA) is 31.4 Å². The number of pyridine rings is 1. The van der Waals surface area contributed by atoms with Crippen LogP contribution < -0.4 is 9.47 Å². The van der Waals surface area contributed by atoms with Gasteiger partial charge in [-0.05, 0) is 44.2 Å². The van der Waals surface area contributed by atoms with E-state index < -0.39 is 0 Å². The van der Waals surface area contributed by atoms with Gasteiger partial charge in [-0.2, -0.15) is 0 Å². The molecule has 0 saturated heterocycles. The minimum absolute atomic E-state index is 0.178. The van der Waals surface area contributed by atoms with Gasteiger partial charge in [0.2, 0.25) is 5.88 Å². The Hall–Kier alpha value is -2.03. The van der Waals surface area contributed by atoms with Crippen LogP contribution in [0.3, 0.4) is 0 Å². The molecule has 0 N–H and O–H groups in total. The van der Waals surface area contributed by atoms with E-state index in [0.717, 1.165) is 11.5 Å². The minimum atomic E-state index is 0.178. The predicted molar refractivity (Wildman–Crippen MR) is 66.5 cm³/mol. The summed E-state index contributed by atoms with van der Waals surface area (Å²) in [6.07, 6.45) is 1.88. The summed E-state index contributed by atoms with van der Waals surface area (Å²) in [6.45, 7) is 4.00. The minimum Gasteiger partial charge on any atom is -0.491 e. The largest absolute Gasteiger partial charge is 0.491 e. The standard InChI is InChI=1S/C14H15NO2/c1-11(2)16-12-6-8-13(9-7-12)17-14-5-3-4-10-15-14/h3-11H,1-2H3. The molecule has 0 aliphatic carbocycles. The van der Waals surface area contributed by atoms with Crippen molar-refractivity contribution in [3.05, 3.63) is 48.7 Å². The SMILES string of the molecule is CC(C)Oc1ccc(Oc2ccccn2)cc1. The van der Waals surface area contributed by atoms with Crippen LogP contribution >= 0.6 is 0 Å². The van der Waals surface area contributed by atoms with Crippen LogP contribution in [0.1, 0.15) is 13.8 Å². The Morgan fingerprint density at radius 1 is 0.941 bits per heavy atom. The van der Waals surface area contributed by atoms with Gasteiger partial charge in [-0.25, -0.2) is 4.98 Å². The fourth-order valence-corrected chi connectivity index (χ4v) is 1.39. The van der Waals surface area contributed by atoms with Crippen LogP contribution in [0.25, 0.3) is 0 Å². The highest BCUT2D eigenvalue weighted by atomic mass is 16.5. The Morgan fingerprint density at radius 2 is 1.65 bits per heavy atom. The molecule has 2 aromatic rings. The smallest absolute Gasteiger partial charge is 0.219 e. The molecule has 1 aromatic carbocycles. The first-order chi connectivity index (χ1) is 8.24. The average molecular weight is 229 g/mol. The van der Waals surface area contributed by atoms with Crippen LogP contribution in [0.2, 0.25) is 0 Å². The Bertz CT molecular complexity index is 451. The molecule has 88 valence electrons. The van der Waals surface area contributed by atoms with E-state index in [1.165, 1.54) is 0 Å². The van der Waals surface area contributed by atoms with Gasteiger partial charge in [0.15, 0.2) is 0 Å². The number of aromatic nitrogens is 1. The van der Waals surface area contributed by atoms with Gasteiger partial charge in [-0.15, -0.1) is 0 Å². The molecule has 0 fully saturated rings. The summed E-state index contributed by atoms with van der Waals surface area (Å²) in [7, 11) is 0. The van der Waals surface area contributed by atoms with Crippen LogP contribution in [0.4, 0.5) is 0 Å². The number of hydrogen-bond acceptors (Lipinski definition) is 3. The normalized spacial score (nSPS) is 10.3. The van der Waals surface area contributed by atoms with Crippen LogP contribution in [-0.4, -0.2) is 11.1 Å². The van der Waals surface area contributed by atoms with E-state index in [9.17, 15) is 0 Å². The molecule has 0 unspecified atom stereocenters. The monoisotopic (exact) mass is 229 g/mol. The molecule has 3 heteroatoms. The van der Waals surface area contributed by atoms with E-state index in [0.29, 0.717) is 5.88 Å². The van der Waals surface area contributed by atoms with Crippen molar-refractivity contribution in [2.75, 3.05) is 0 Å². The highest BCUT2D eigenvalue weighted by molar-refractivity contribution is 5.33. The molecule has 0 radical (unpaired) electrons. The van der Waals surface area contributed by atoms with Gasteiger partial charge in [0, 0.05) is 12.3 Å². The van der Waals surface area contributed by atoms with E-state index in [4.69, 9.17) is 9.47 Å². The third-order valence-electron chi connectivity index (χ3n) is 2.06. The van der Waals surface area contributed by atoms with Crippen molar-refractivity contribution in [3.63, 3.8) is 0 Å². The molecule has 0 amide bonds. The second kappa shape index (κ2) is 5.34. The van der Waals surface area contributed by atoms with Crippen molar-refractivity contribution in [2.45, 2.75) is 20.0 Å². The van der Waals surface area contributed by atoms with Crippen LogP contribution in [0.5, 0.6) is 17.4 Å². The maximum atomic E-state index is 5.57. The van der Waals surface area contributed by atoms with E-state index in [1.807, 2.05) is 56.3 Å². The van der Waals surface area contributed by atoms with Gasteiger partial charge in [0.05, 0.1) is 6.10 Å². The van der Waals surface area contributed by atoms with Gasteiger partial charge in [-0.1, -0.05) is 6.07 Å².